The number of carbonyl (C=O) groups excluding carboxylic acids is 2. The van der Waals surface area contributed by atoms with Crippen LogP contribution in [0.15, 0.2) is 24.3 Å². The summed E-state index contributed by atoms with van der Waals surface area (Å²) in [5.41, 5.74) is 1.41. The first-order valence-corrected chi connectivity index (χ1v) is 6.94. The highest BCUT2D eigenvalue weighted by atomic mass is 16.5. The molecule has 1 aromatic rings. The van der Waals surface area contributed by atoms with E-state index >= 15 is 0 Å². The van der Waals surface area contributed by atoms with Gasteiger partial charge in [0.25, 0.3) is 0 Å². The van der Waals surface area contributed by atoms with Crippen LogP contribution < -0.4 is 10.6 Å². The molecule has 0 saturated heterocycles. The van der Waals surface area contributed by atoms with Gasteiger partial charge in [-0.2, -0.15) is 0 Å². The van der Waals surface area contributed by atoms with Crippen LogP contribution in [0.2, 0.25) is 0 Å². The molecule has 0 aliphatic heterocycles. The van der Waals surface area contributed by atoms with Gasteiger partial charge in [-0.25, -0.2) is 0 Å². The average Bonchev–Trinajstić information content (AvgIpc) is 2.45. The van der Waals surface area contributed by atoms with Gasteiger partial charge in [-0.15, -0.1) is 0 Å². The summed E-state index contributed by atoms with van der Waals surface area (Å²) in [7, 11) is 1.64. The molecule has 0 aliphatic rings. The zero-order valence-corrected chi connectivity index (χ0v) is 12.8. The summed E-state index contributed by atoms with van der Waals surface area (Å²) in [6, 6.07) is 7.02. The number of ether oxygens (including phenoxy) is 1. The monoisotopic (exact) mass is 293 g/mol. The second kappa shape index (κ2) is 9.10. The van der Waals surface area contributed by atoms with Crippen molar-refractivity contribution in [2.45, 2.75) is 13.8 Å². The van der Waals surface area contributed by atoms with Crippen molar-refractivity contribution in [3.05, 3.63) is 24.3 Å². The van der Waals surface area contributed by atoms with Crippen molar-refractivity contribution >= 4 is 23.2 Å². The molecule has 2 N–H and O–H groups in total. The molecule has 0 bridgehead atoms. The molecule has 2 amide bonds. The topological polar surface area (TPSA) is 70.7 Å². The minimum absolute atomic E-state index is 0.0692. The average molecular weight is 293 g/mol. The predicted molar refractivity (Wildman–Crippen MR) is 83.4 cm³/mol. The molecule has 6 nitrogen and oxygen atoms in total. The van der Waals surface area contributed by atoms with Crippen LogP contribution in [0.25, 0.3) is 0 Å². The smallest absolute Gasteiger partial charge is 0.238 e. The molecule has 0 aromatic heterocycles. The number of nitrogens with zero attached hydrogens (tertiary/aromatic N) is 1. The molecule has 1 aromatic carbocycles. The van der Waals surface area contributed by atoms with Gasteiger partial charge in [0.05, 0.1) is 13.2 Å². The second-order valence-corrected chi connectivity index (χ2v) is 4.67. The molecular weight excluding hydrogens is 270 g/mol. The third-order valence-electron chi connectivity index (χ3n) is 2.92. The van der Waals surface area contributed by atoms with Crippen molar-refractivity contribution in [2.24, 2.45) is 0 Å². The zero-order chi connectivity index (χ0) is 15.7. The van der Waals surface area contributed by atoms with Crippen molar-refractivity contribution in [1.82, 2.24) is 4.90 Å². The highest BCUT2D eigenvalue weighted by molar-refractivity contribution is 5.93. The Balaban J connectivity index is 2.48. The third kappa shape index (κ3) is 6.87. The standard InChI is InChI=1S/C15H23N3O3/c1-4-18(9-10-21-3)11-15(20)17-14-7-5-13(6-8-14)16-12(2)19/h5-8H,4,9-11H2,1-3H3,(H,16,19)(H,17,20). The van der Waals surface area contributed by atoms with Crippen molar-refractivity contribution in [3.8, 4) is 0 Å². The Bertz CT molecular complexity index is 460. The van der Waals surface area contributed by atoms with Gasteiger partial charge < -0.3 is 15.4 Å². The normalized spacial score (nSPS) is 10.5. The number of rotatable bonds is 8. The van der Waals surface area contributed by atoms with E-state index in [9.17, 15) is 9.59 Å². The first-order chi connectivity index (χ1) is 10.0. The molecule has 0 radical (unpaired) electrons. The number of hydrogen-bond acceptors (Lipinski definition) is 4. The summed E-state index contributed by atoms with van der Waals surface area (Å²) < 4.78 is 5.01. The summed E-state index contributed by atoms with van der Waals surface area (Å²) >= 11 is 0. The van der Waals surface area contributed by atoms with Crippen molar-refractivity contribution in [2.75, 3.05) is 44.0 Å². The van der Waals surface area contributed by atoms with Crippen LogP contribution >= 0.6 is 0 Å². The lowest BCUT2D eigenvalue weighted by molar-refractivity contribution is -0.117. The van der Waals surface area contributed by atoms with Crippen LogP contribution in [0.5, 0.6) is 0 Å². The molecule has 0 aliphatic carbocycles. The van der Waals surface area contributed by atoms with Crippen LogP contribution in [-0.4, -0.2) is 50.1 Å². The number of carbonyl (C=O) groups is 2. The minimum Gasteiger partial charge on any atom is -0.383 e. The largest absolute Gasteiger partial charge is 0.383 e. The molecule has 0 heterocycles. The molecule has 6 heteroatoms. The van der Waals surface area contributed by atoms with E-state index in [1.807, 2.05) is 11.8 Å². The van der Waals surface area contributed by atoms with Gasteiger partial charge in [-0.1, -0.05) is 6.92 Å². The number of hydrogen-bond donors (Lipinski definition) is 2. The molecule has 0 spiro atoms. The fourth-order valence-electron chi connectivity index (χ4n) is 1.81. The van der Waals surface area contributed by atoms with E-state index in [1.165, 1.54) is 6.92 Å². The minimum atomic E-state index is -0.122. The Morgan fingerprint density at radius 1 is 1.14 bits per heavy atom. The lowest BCUT2D eigenvalue weighted by Crippen LogP contribution is -2.35. The van der Waals surface area contributed by atoms with Crippen molar-refractivity contribution < 1.29 is 14.3 Å². The molecule has 0 atom stereocenters. The van der Waals surface area contributed by atoms with Gasteiger partial charge in [0, 0.05) is 32.0 Å². The predicted octanol–water partition coefficient (Wildman–Crippen LogP) is 1.55. The molecule has 0 saturated carbocycles. The van der Waals surface area contributed by atoms with Gasteiger partial charge in [-0.05, 0) is 30.8 Å². The van der Waals surface area contributed by atoms with Gasteiger partial charge in [-0.3, -0.25) is 14.5 Å². The first kappa shape index (κ1) is 17.1. The van der Waals surface area contributed by atoms with Gasteiger partial charge in [0.1, 0.15) is 0 Å². The molecule has 21 heavy (non-hydrogen) atoms. The fourth-order valence-corrected chi connectivity index (χ4v) is 1.81. The molecule has 1 rings (SSSR count). The first-order valence-electron chi connectivity index (χ1n) is 6.94. The van der Waals surface area contributed by atoms with E-state index in [0.717, 1.165) is 13.1 Å². The number of benzene rings is 1. The summed E-state index contributed by atoms with van der Waals surface area (Å²) in [6.45, 7) is 5.90. The van der Waals surface area contributed by atoms with E-state index in [2.05, 4.69) is 10.6 Å². The zero-order valence-electron chi connectivity index (χ0n) is 12.8. The molecule has 0 unspecified atom stereocenters. The van der Waals surface area contributed by atoms with Crippen LogP contribution in [0.3, 0.4) is 0 Å². The van der Waals surface area contributed by atoms with Crippen molar-refractivity contribution in [3.63, 3.8) is 0 Å². The Hall–Kier alpha value is -1.92. The third-order valence-corrected chi connectivity index (χ3v) is 2.92. The Kier molecular flexibility index (Phi) is 7.42. The highest BCUT2D eigenvalue weighted by Crippen LogP contribution is 2.13. The summed E-state index contributed by atoms with van der Waals surface area (Å²) in [4.78, 5) is 24.9. The van der Waals surface area contributed by atoms with Crippen LogP contribution in [0.4, 0.5) is 11.4 Å². The van der Waals surface area contributed by atoms with Crippen LogP contribution in [0.1, 0.15) is 13.8 Å². The summed E-state index contributed by atoms with van der Waals surface area (Å²) in [5.74, 6) is -0.191. The maximum absolute atomic E-state index is 11.9. The number of nitrogens with one attached hydrogen (secondary N) is 2. The number of anilines is 2. The summed E-state index contributed by atoms with van der Waals surface area (Å²) in [6.07, 6.45) is 0. The van der Waals surface area contributed by atoms with E-state index in [1.54, 1.807) is 31.4 Å². The molecule has 0 fully saturated rings. The second-order valence-electron chi connectivity index (χ2n) is 4.67. The maximum atomic E-state index is 11.9. The van der Waals surface area contributed by atoms with Gasteiger partial charge in [0.15, 0.2) is 0 Å². The Morgan fingerprint density at radius 2 is 1.71 bits per heavy atom. The quantitative estimate of drug-likeness (QED) is 0.763. The number of likely N-dealkylation sites (N-methyl/N-ethyl adjacent to an activating group) is 1. The summed E-state index contributed by atoms with van der Waals surface area (Å²) in [5, 5.41) is 5.51. The van der Waals surface area contributed by atoms with Crippen molar-refractivity contribution in [1.29, 1.82) is 0 Å². The highest BCUT2D eigenvalue weighted by Gasteiger charge is 2.09. The maximum Gasteiger partial charge on any atom is 0.238 e. The molecule has 116 valence electrons. The van der Waals surface area contributed by atoms with E-state index in [0.29, 0.717) is 24.5 Å². The van der Waals surface area contributed by atoms with E-state index in [-0.39, 0.29) is 11.8 Å². The lowest BCUT2D eigenvalue weighted by Gasteiger charge is -2.19. The number of amides is 2. The number of methoxy groups -OCH3 is 1. The van der Waals surface area contributed by atoms with E-state index in [4.69, 9.17) is 4.74 Å². The molecular formula is C15H23N3O3. The SMILES string of the molecule is CCN(CCOC)CC(=O)Nc1ccc(NC(C)=O)cc1. The Morgan fingerprint density at radius 3 is 2.19 bits per heavy atom. The van der Waals surface area contributed by atoms with E-state index < -0.39 is 0 Å². The van der Waals surface area contributed by atoms with Crippen LogP contribution in [0, 0.1) is 0 Å². The Labute approximate surface area is 125 Å². The van der Waals surface area contributed by atoms with Gasteiger partial charge in [0.2, 0.25) is 11.8 Å². The van der Waals surface area contributed by atoms with Gasteiger partial charge >= 0.3 is 0 Å². The van der Waals surface area contributed by atoms with Crippen LogP contribution in [-0.2, 0) is 14.3 Å². The fraction of sp³-hybridized carbons (Fsp3) is 0.467. The lowest BCUT2D eigenvalue weighted by atomic mass is 10.2.